The first-order valence-corrected chi connectivity index (χ1v) is 9.76. The Morgan fingerprint density at radius 1 is 1.17 bits per heavy atom. The molecule has 2 aromatic rings. The van der Waals surface area contributed by atoms with Crippen molar-refractivity contribution in [1.82, 2.24) is 0 Å². The second kappa shape index (κ2) is 10.3. The van der Waals surface area contributed by atoms with Gasteiger partial charge in [0, 0.05) is 37.8 Å². The lowest BCUT2D eigenvalue weighted by Gasteiger charge is -2.21. The number of aliphatic hydroxyl groups excluding tert-OH is 2. The summed E-state index contributed by atoms with van der Waals surface area (Å²) in [7, 11) is 1.96. The molecule has 1 heterocycles. The number of benzene rings is 2. The molecule has 8 nitrogen and oxygen atoms in total. The number of likely N-dealkylation sites (N-methyl/N-ethyl adjacent to an activating group) is 1. The Morgan fingerprint density at radius 3 is 2.30 bits per heavy atom. The first kappa shape index (κ1) is 21.9. The van der Waals surface area contributed by atoms with Crippen LogP contribution in [0.15, 0.2) is 48.5 Å². The van der Waals surface area contributed by atoms with Crippen molar-refractivity contribution in [3.05, 3.63) is 69.8 Å². The van der Waals surface area contributed by atoms with Crippen LogP contribution in [0.3, 0.4) is 0 Å². The summed E-state index contributed by atoms with van der Waals surface area (Å²) in [5.41, 5.74) is 3.02. The summed E-state index contributed by atoms with van der Waals surface area (Å²) in [6.07, 6.45) is 2.48. The highest BCUT2D eigenvalue weighted by Gasteiger charge is 2.33. The molecule has 1 unspecified atom stereocenters. The molecule has 2 N–H and O–H groups in total. The van der Waals surface area contributed by atoms with Gasteiger partial charge in [-0.15, -0.1) is 0 Å². The van der Waals surface area contributed by atoms with Crippen molar-refractivity contribution >= 4 is 23.5 Å². The molecule has 0 radical (unpaired) electrons. The van der Waals surface area contributed by atoms with E-state index in [0.29, 0.717) is 19.6 Å². The van der Waals surface area contributed by atoms with Gasteiger partial charge in [-0.3, -0.25) is 10.1 Å². The van der Waals surface area contributed by atoms with Crippen LogP contribution in [0.2, 0.25) is 0 Å². The van der Waals surface area contributed by atoms with Gasteiger partial charge < -0.3 is 24.6 Å². The molecule has 1 saturated heterocycles. The summed E-state index contributed by atoms with van der Waals surface area (Å²) in [5, 5.41) is 29.5. The smallest absolute Gasteiger partial charge is 0.269 e. The third-order valence-corrected chi connectivity index (χ3v) is 5.01. The molecular formula is C22H26N2O6. The van der Waals surface area contributed by atoms with E-state index < -0.39 is 23.4 Å². The van der Waals surface area contributed by atoms with Gasteiger partial charge in [-0.25, -0.2) is 0 Å². The summed E-state index contributed by atoms with van der Waals surface area (Å²) in [6.45, 7) is 0.872. The number of non-ortho nitro benzene ring substituents is 1. The molecular weight excluding hydrogens is 388 g/mol. The van der Waals surface area contributed by atoms with Crippen LogP contribution in [-0.4, -0.2) is 60.4 Å². The van der Waals surface area contributed by atoms with Crippen molar-refractivity contribution in [2.45, 2.75) is 24.9 Å². The predicted molar refractivity (Wildman–Crippen MR) is 114 cm³/mol. The van der Waals surface area contributed by atoms with Crippen molar-refractivity contribution in [1.29, 1.82) is 0 Å². The molecule has 0 spiro atoms. The molecule has 1 aliphatic heterocycles. The quantitative estimate of drug-likeness (QED) is 0.369. The Bertz CT molecular complexity index is 853. The Balaban J connectivity index is 1.47. The summed E-state index contributed by atoms with van der Waals surface area (Å²) in [6, 6.07) is 14.4. The fourth-order valence-corrected chi connectivity index (χ4v) is 3.15. The number of rotatable bonds is 9. The number of aliphatic hydroxyl groups is 2. The van der Waals surface area contributed by atoms with Crippen LogP contribution in [0.5, 0.6) is 0 Å². The molecule has 0 amide bonds. The monoisotopic (exact) mass is 414 g/mol. The van der Waals surface area contributed by atoms with Gasteiger partial charge in [0.05, 0.1) is 24.2 Å². The number of anilines is 1. The number of hydrogen-bond donors (Lipinski definition) is 2. The van der Waals surface area contributed by atoms with Gasteiger partial charge in [-0.2, -0.15) is 0 Å². The van der Waals surface area contributed by atoms with Gasteiger partial charge >= 0.3 is 0 Å². The summed E-state index contributed by atoms with van der Waals surface area (Å²) in [4.78, 5) is 12.3. The molecule has 8 heteroatoms. The maximum absolute atomic E-state index is 10.7. The van der Waals surface area contributed by atoms with E-state index >= 15 is 0 Å². The van der Waals surface area contributed by atoms with Crippen LogP contribution in [0.4, 0.5) is 11.4 Å². The summed E-state index contributed by atoms with van der Waals surface area (Å²) < 4.78 is 11.1. The standard InChI is InChI=1S/C22H26N2O6/c1-23(12-13-29-22-14-20(26)21(15-25)30-22)18-8-4-16(5-9-18)2-3-17-6-10-19(11-7-17)24(27)28/h2-11,20-22,25-26H,12-15H2,1H3/b3-2+/t20-,21+,22?/m0/s1. The normalized spacial score (nSPS) is 21.2. The van der Waals surface area contributed by atoms with Crippen molar-refractivity contribution < 1.29 is 24.6 Å². The van der Waals surface area contributed by atoms with Crippen molar-refractivity contribution in [2.24, 2.45) is 0 Å². The highest BCUT2D eigenvalue weighted by atomic mass is 16.7. The predicted octanol–water partition coefficient (Wildman–Crippen LogP) is 2.69. The second-order valence-corrected chi connectivity index (χ2v) is 7.16. The fraction of sp³-hybridized carbons (Fsp3) is 0.364. The zero-order chi connectivity index (χ0) is 21.5. The van der Waals surface area contributed by atoms with Gasteiger partial charge in [0.2, 0.25) is 0 Å². The van der Waals surface area contributed by atoms with E-state index in [4.69, 9.17) is 14.6 Å². The maximum Gasteiger partial charge on any atom is 0.269 e. The van der Waals surface area contributed by atoms with Gasteiger partial charge in [-0.05, 0) is 35.4 Å². The van der Waals surface area contributed by atoms with E-state index in [1.165, 1.54) is 12.1 Å². The van der Waals surface area contributed by atoms with Gasteiger partial charge in [0.1, 0.15) is 6.10 Å². The Kier molecular flexibility index (Phi) is 7.53. The molecule has 1 aliphatic rings. The van der Waals surface area contributed by atoms with Crippen LogP contribution in [0.25, 0.3) is 12.2 Å². The van der Waals surface area contributed by atoms with Crippen LogP contribution >= 0.6 is 0 Å². The molecule has 1 fully saturated rings. The van der Waals surface area contributed by atoms with E-state index in [2.05, 4.69) is 4.90 Å². The Morgan fingerprint density at radius 2 is 1.77 bits per heavy atom. The lowest BCUT2D eigenvalue weighted by molar-refractivity contribution is -0.384. The van der Waals surface area contributed by atoms with E-state index in [0.717, 1.165) is 16.8 Å². The minimum atomic E-state index is -0.690. The van der Waals surface area contributed by atoms with Gasteiger partial charge in [0.15, 0.2) is 6.29 Å². The third kappa shape index (κ3) is 5.87. The number of nitro benzene ring substituents is 1. The van der Waals surface area contributed by atoms with Gasteiger partial charge in [-0.1, -0.05) is 24.3 Å². The van der Waals surface area contributed by atoms with Crippen molar-refractivity contribution in [2.75, 3.05) is 31.7 Å². The molecule has 2 aromatic carbocycles. The highest BCUT2D eigenvalue weighted by molar-refractivity contribution is 5.70. The number of nitrogens with zero attached hydrogens (tertiary/aromatic N) is 2. The zero-order valence-electron chi connectivity index (χ0n) is 16.8. The van der Waals surface area contributed by atoms with Crippen LogP contribution in [0, 0.1) is 10.1 Å². The number of hydrogen-bond acceptors (Lipinski definition) is 7. The minimum Gasteiger partial charge on any atom is -0.394 e. The molecule has 160 valence electrons. The Labute approximate surface area is 175 Å². The molecule has 0 bridgehead atoms. The summed E-state index contributed by atoms with van der Waals surface area (Å²) in [5.74, 6) is 0. The van der Waals surface area contributed by atoms with E-state index in [-0.39, 0.29) is 12.3 Å². The number of ether oxygens (including phenoxy) is 2. The molecule has 30 heavy (non-hydrogen) atoms. The van der Waals surface area contributed by atoms with Crippen LogP contribution in [-0.2, 0) is 9.47 Å². The lowest BCUT2D eigenvalue weighted by atomic mass is 10.1. The third-order valence-electron chi connectivity index (χ3n) is 5.01. The maximum atomic E-state index is 10.7. The second-order valence-electron chi connectivity index (χ2n) is 7.16. The highest BCUT2D eigenvalue weighted by Crippen LogP contribution is 2.21. The first-order chi connectivity index (χ1) is 14.5. The minimum absolute atomic E-state index is 0.0763. The number of nitro groups is 1. The summed E-state index contributed by atoms with van der Waals surface area (Å²) >= 11 is 0. The zero-order valence-corrected chi connectivity index (χ0v) is 16.8. The van der Waals surface area contributed by atoms with Crippen molar-refractivity contribution in [3.63, 3.8) is 0 Å². The molecule has 0 saturated carbocycles. The average Bonchev–Trinajstić information content (AvgIpc) is 3.12. The fourth-order valence-electron chi connectivity index (χ4n) is 3.15. The van der Waals surface area contributed by atoms with Gasteiger partial charge in [0.25, 0.3) is 5.69 Å². The lowest BCUT2D eigenvalue weighted by Crippen LogP contribution is -2.26. The van der Waals surface area contributed by atoms with E-state index in [1.807, 2.05) is 43.5 Å². The molecule has 3 atom stereocenters. The topological polar surface area (TPSA) is 105 Å². The van der Waals surface area contributed by atoms with Crippen LogP contribution in [0.1, 0.15) is 17.5 Å². The Hall–Kier alpha value is -2.78. The van der Waals surface area contributed by atoms with E-state index in [9.17, 15) is 15.2 Å². The molecule has 3 rings (SSSR count). The first-order valence-electron chi connectivity index (χ1n) is 9.76. The molecule has 0 aliphatic carbocycles. The van der Waals surface area contributed by atoms with Crippen molar-refractivity contribution in [3.8, 4) is 0 Å². The van der Waals surface area contributed by atoms with E-state index in [1.54, 1.807) is 12.1 Å². The largest absolute Gasteiger partial charge is 0.394 e. The van der Waals surface area contributed by atoms with Crippen LogP contribution < -0.4 is 4.90 Å². The average molecular weight is 414 g/mol. The SMILES string of the molecule is CN(CCOC1C[C@H](O)[C@@H](CO)O1)c1ccc(/C=C/c2ccc([N+](=O)[O-])cc2)cc1. The molecule has 0 aromatic heterocycles.